The SMILES string of the molecule is Cc1cccc(COc2ccc(C3c4sc(=O)[nH]c4SC4C(=O)N(c5ccccc5C(F)(F)F)C(=O)C43)cc2)c1. The number of aromatic amines is 1. The van der Waals surface area contributed by atoms with Crippen molar-refractivity contribution in [2.45, 2.75) is 35.9 Å². The van der Waals surface area contributed by atoms with Crippen LogP contribution in [-0.2, 0) is 22.4 Å². The van der Waals surface area contributed by atoms with Crippen molar-refractivity contribution in [3.63, 3.8) is 0 Å². The fourth-order valence-corrected chi connectivity index (χ4v) is 7.78. The Kier molecular flexibility index (Phi) is 6.58. The van der Waals surface area contributed by atoms with E-state index in [4.69, 9.17) is 4.74 Å². The predicted octanol–water partition coefficient (Wildman–Crippen LogP) is 6.14. The van der Waals surface area contributed by atoms with Crippen molar-refractivity contribution in [3.8, 4) is 5.75 Å². The van der Waals surface area contributed by atoms with Gasteiger partial charge in [-0.15, -0.1) is 0 Å². The third kappa shape index (κ3) is 4.62. The van der Waals surface area contributed by atoms with E-state index in [-0.39, 0.29) is 4.87 Å². The second kappa shape index (κ2) is 9.97. The molecule has 2 aliphatic rings. The molecule has 0 bridgehead atoms. The largest absolute Gasteiger partial charge is 0.489 e. The van der Waals surface area contributed by atoms with Crippen LogP contribution in [0.2, 0.25) is 0 Å². The number of anilines is 1. The Morgan fingerprint density at radius 3 is 2.42 bits per heavy atom. The number of alkyl halides is 3. The molecule has 1 aromatic heterocycles. The van der Waals surface area contributed by atoms with Gasteiger partial charge in [-0.05, 0) is 42.3 Å². The molecule has 0 saturated carbocycles. The Morgan fingerprint density at radius 2 is 1.70 bits per heavy atom. The van der Waals surface area contributed by atoms with Gasteiger partial charge in [0.15, 0.2) is 0 Å². The van der Waals surface area contributed by atoms with Crippen LogP contribution in [0.15, 0.2) is 82.6 Å². The lowest BCUT2D eigenvalue weighted by atomic mass is 9.83. The first-order valence-electron chi connectivity index (χ1n) is 12.3. The molecule has 1 saturated heterocycles. The van der Waals surface area contributed by atoms with E-state index in [9.17, 15) is 27.6 Å². The van der Waals surface area contributed by atoms with Crippen molar-refractivity contribution >= 4 is 40.6 Å². The van der Waals surface area contributed by atoms with Crippen LogP contribution in [0.1, 0.15) is 33.0 Å². The van der Waals surface area contributed by atoms with Crippen LogP contribution in [0.5, 0.6) is 5.75 Å². The molecule has 3 heterocycles. The molecule has 4 aromatic rings. The summed E-state index contributed by atoms with van der Waals surface area (Å²) in [6.45, 7) is 2.35. The molecular formula is C29H21F3N2O4S2. The van der Waals surface area contributed by atoms with Gasteiger partial charge in [0.25, 0.3) is 0 Å². The maximum Gasteiger partial charge on any atom is 0.418 e. The highest BCUT2D eigenvalue weighted by Gasteiger charge is 2.57. The van der Waals surface area contributed by atoms with Crippen molar-refractivity contribution in [1.82, 2.24) is 4.98 Å². The van der Waals surface area contributed by atoms with E-state index in [0.717, 1.165) is 46.4 Å². The highest BCUT2D eigenvalue weighted by atomic mass is 32.2. The molecular weight excluding hydrogens is 561 g/mol. The zero-order valence-corrected chi connectivity index (χ0v) is 22.5. The van der Waals surface area contributed by atoms with Gasteiger partial charge in [-0.3, -0.25) is 14.4 Å². The fourth-order valence-electron chi connectivity index (χ4n) is 5.26. The fraction of sp³-hybridized carbons (Fsp3) is 0.207. The van der Waals surface area contributed by atoms with Crippen LogP contribution >= 0.6 is 23.1 Å². The molecule has 3 aromatic carbocycles. The summed E-state index contributed by atoms with van der Waals surface area (Å²) in [5.41, 5.74) is 1.23. The van der Waals surface area contributed by atoms with Gasteiger partial charge in [0.05, 0.1) is 22.2 Å². The molecule has 1 fully saturated rings. The summed E-state index contributed by atoms with van der Waals surface area (Å²) in [6, 6.07) is 19.5. The zero-order valence-electron chi connectivity index (χ0n) is 20.9. The first-order chi connectivity index (χ1) is 19.1. The lowest BCUT2D eigenvalue weighted by Gasteiger charge is -2.29. The van der Waals surface area contributed by atoms with Gasteiger partial charge in [0.1, 0.15) is 17.6 Å². The van der Waals surface area contributed by atoms with E-state index in [2.05, 4.69) is 4.98 Å². The highest BCUT2D eigenvalue weighted by molar-refractivity contribution is 8.00. The Morgan fingerprint density at radius 1 is 0.950 bits per heavy atom. The minimum Gasteiger partial charge on any atom is -0.489 e. The minimum absolute atomic E-state index is 0.334. The Bertz CT molecular complexity index is 1680. The number of ether oxygens (including phenoxy) is 1. The second-order valence-electron chi connectivity index (χ2n) is 9.62. The molecule has 6 nitrogen and oxygen atoms in total. The van der Waals surface area contributed by atoms with E-state index in [0.29, 0.717) is 32.7 Å². The van der Waals surface area contributed by atoms with E-state index < -0.39 is 46.3 Å². The smallest absolute Gasteiger partial charge is 0.418 e. The van der Waals surface area contributed by atoms with Gasteiger partial charge < -0.3 is 9.72 Å². The number of carbonyl (C=O) groups is 2. The summed E-state index contributed by atoms with van der Waals surface area (Å²) in [6.07, 6.45) is -4.75. The van der Waals surface area contributed by atoms with E-state index in [1.54, 1.807) is 24.3 Å². The molecule has 0 aliphatic carbocycles. The van der Waals surface area contributed by atoms with Crippen LogP contribution in [0.3, 0.4) is 0 Å². The summed E-state index contributed by atoms with van der Waals surface area (Å²) in [4.78, 5) is 43.2. The van der Waals surface area contributed by atoms with Gasteiger partial charge in [-0.1, -0.05) is 77.2 Å². The number of thiazole rings is 1. The average molecular weight is 583 g/mol. The number of nitrogens with zero attached hydrogens (tertiary/aromatic N) is 1. The third-order valence-corrected chi connectivity index (χ3v) is 9.40. The summed E-state index contributed by atoms with van der Waals surface area (Å²) >= 11 is 1.95. The number of fused-ring (bicyclic) bond motifs is 2. The average Bonchev–Trinajstić information content (AvgIpc) is 3.41. The number of benzene rings is 3. The summed E-state index contributed by atoms with van der Waals surface area (Å²) in [7, 11) is 0. The normalized spacial score (nSPS) is 20.4. The maximum absolute atomic E-state index is 13.8. The molecule has 2 amide bonds. The topological polar surface area (TPSA) is 79.5 Å². The Balaban J connectivity index is 1.35. The molecule has 6 rings (SSSR count). The quantitative estimate of drug-likeness (QED) is 0.286. The molecule has 0 radical (unpaired) electrons. The number of thioether (sulfide) groups is 1. The molecule has 3 atom stereocenters. The number of imide groups is 1. The molecule has 0 spiro atoms. The van der Waals surface area contributed by atoms with Gasteiger partial charge in [-0.25, -0.2) is 4.90 Å². The number of para-hydroxylation sites is 1. The van der Waals surface area contributed by atoms with Crippen LogP contribution in [0.4, 0.5) is 18.9 Å². The van der Waals surface area contributed by atoms with Crippen LogP contribution in [0, 0.1) is 12.8 Å². The van der Waals surface area contributed by atoms with Crippen molar-refractivity contribution in [2.24, 2.45) is 5.92 Å². The molecule has 204 valence electrons. The molecule has 1 N–H and O–H groups in total. The highest BCUT2D eigenvalue weighted by Crippen LogP contribution is 2.54. The molecule has 2 aliphatic heterocycles. The number of halogens is 3. The number of H-pyrrole nitrogens is 1. The number of amides is 2. The number of aryl methyl sites for hydroxylation is 1. The standard InChI is InChI=1S/C29H21F3N2O4S2/c1-15-5-4-6-16(13-15)14-38-18-11-9-17(10-12-18)21-22-24(39-25-23(21)40-28(37)33-25)27(36)34(26(22)35)20-8-3-2-7-19(20)29(30,31)32/h2-13,21-22,24H,14H2,1H3,(H,33,37). The first-order valence-corrected chi connectivity index (χ1v) is 14.0. The van der Waals surface area contributed by atoms with Crippen molar-refractivity contribution < 1.29 is 27.5 Å². The van der Waals surface area contributed by atoms with E-state index in [1.165, 1.54) is 12.1 Å². The number of carbonyl (C=O) groups excluding carboxylic acids is 2. The van der Waals surface area contributed by atoms with Gasteiger partial charge >= 0.3 is 11.0 Å². The minimum atomic E-state index is -4.75. The molecule has 3 unspecified atom stereocenters. The van der Waals surface area contributed by atoms with Crippen molar-refractivity contribution in [2.75, 3.05) is 4.90 Å². The van der Waals surface area contributed by atoms with Crippen LogP contribution < -0.4 is 14.5 Å². The number of hydrogen-bond donors (Lipinski definition) is 1. The molecule has 40 heavy (non-hydrogen) atoms. The summed E-state index contributed by atoms with van der Waals surface area (Å²) in [5.74, 6) is -2.57. The summed E-state index contributed by atoms with van der Waals surface area (Å²) < 4.78 is 47.3. The third-order valence-electron chi connectivity index (χ3n) is 7.00. The van der Waals surface area contributed by atoms with Gasteiger partial charge in [0.2, 0.25) is 11.8 Å². The number of hydrogen-bond acceptors (Lipinski definition) is 6. The van der Waals surface area contributed by atoms with Crippen LogP contribution in [-0.4, -0.2) is 22.0 Å². The van der Waals surface area contributed by atoms with Gasteiger partial charge in [-0.2, -0.15) is 13.2 Å². The van der Waals surface area contributed by atoms with Gasteiger partial charge in [0, 0.05) is 10.8 Å². The zero-order chi connectivity index (χ0) is 28.2. The Labute approximate surface area is 234 Å². The predicted molar refractivity (Wildman–Crippen MR) is 146 cm³/mol. The van der Waals surface area contributed by atoms with Crippen molar-refractivity contribution in [3.05, 3.63) is 110 Å². The monoisotopic (exact) mass is 582 g/mol. The molecule has 11 heteroatoms. The number of nitrogens with one attached hydrogen (secondary N) is 1. The lowest BCUT2D eigenvalue weighted by molar-refractivity contribution is -0.137. The van der Waals surface area contributed by atoms with E-state index in [1.807, 2.05) is 31.2 Å². The van der Waals surface area contributed by atoms with E-state index >= 15 is 0 Å². The summed E-state index contributed by atoms with van der Waals surface area (Å²) in [5, 5.41) is -0.540. The first kappa shape index (κ1) is 26.4. The van der Waals surface area contributed by atoms with Crippen LogP contribution in [0.25, 0.3) is 0 Å². The Hall–Kier alpha value is -3.83. The lowest BCUT2D eigenvalue weighted by Crippen LogP contribution is -2.33. The number of aromatic nitrogens is 1. The van der Waals surface area contributed by atoms with Crippen molar-refractivity contribution in [1.29, 1.82) is 0 Å². The number of rotatable bonds is 5. The maximum atomic E-state index is 13.8. The second-order valence-corrected chi connectivity index (χ2v) is 11.8.